The lowest BCUT2D eigenvalue weighted by atomic mass is 10.1. The standard InChI is InChI=1S/C14H22N2O2S/c1-11-4-8-19-13(11)9-15-14(17)12-3-5-16(10-12)6-7-18-2/h4,8,12H,3,5-7,9-10H2,1-2H3,(H,15,17)/t12-/m1/s1. The molecular weight excluding hydrogens is 260 g/mol. The number of methoxy groups -OCH3 is 1. The Bertz CT molecular complexity index is 419. The molecule has 106 valence electrons. The van der Waals surface area contributed by atoms with E-state index >= 15 is 0 Å². The molecule has 0 aliphatic carbocycles. The smallest absolute Gasteiger partial charge is 0.224 e. The highest BCUT2D eigenvalue weighted by molar-refractivity contribution is 7.10. The summed E-state index contributed by atoms with van der Waals surface area (Å²) in [6, 6.07) is 2.09. The van der Waals surface area contributed by atoms with Gasteiger partial charge in [0.1, 0.15) is 0 Å². The summed E-state index contributed by atoms with van der Waals surface area (Å²) in [7, 11) is 1.71. The molecule has 0 unspecified atom stereocenters. The Morgan fingerprint density at radius 3 is 3.16 bits per heavy atom. The molecule has 1 atom stereocenters. The molecule has 1 aliphatic heterocycles. The number of hydrogen-bond acceptors (Lipinski definition) is 4. The highest BCUT2D eigenvalue weighted by atomic mass is 32.1. The number of aryl methyl sites for hydroxylation is 1. The van der Waals surface area contributed by atoms with E-state index in [0.29, 0.717) is 6.54 Å². The highest BCUT2D eigenvalue weighted by Gasteiger charge is 2.27. The van der Waals surface area contributed by atoms with E-state index in [2.05, 4.69) is 28.6 Å². The number of likely N-dealkylation sites (tertiary alicyclic amines) is 1. The molecule has 1 amide bonds. The van der Waals surface area contributed by atoms with E-state index in [0.717, 1.165) is 32.7 Å². The lowest BCUT2D eigenvalue weighted by Crippen LogP contribution is -2.33. The molecular formula is C14H22N2O2S. The maximum atomic E-state index is 12.1. The lowest BCUT2D eigenvalue weighted by Gasteiger charge is -2.15. The fourth-order valence-corrected chi connectivity index (χ4v) is 3.21. The van der Waals surface area contributed by atoms with Crippen molar-refractivity contribution in [3.8, 4) is 0 Å². The Morgan fingerprint density at radius 2 is 2.47 bits per heavy atom. The number of nitrogens with zero attached hydrogens (tertiary/aromatic N) is 1. The summed E-state index contributed by atoms with van der Waals surface area (Å²) in [6.07, 6.45) is 0.957. The first-order valence-electron chi connectivity index (χ1n) is 6.72. The quantitative estimate of drug-likeness (QED) is 0.862. The van der Waals surface area contributed by atoms with Crippen molar-refractivity contribution < 1.29 is 9.53 Å². The van der Waals surface area contributed by atoms with Crippen LogP contribution in [-0.2, 0) is 16.1 Å². The molecule has 1 N–H and O–H groups in total. The van der Waals surface area contributed by atoms with E-state index < -0.39 is 0 Å². The Morgan fingerprint density at radius 1 is 1.63 bits per heavy atom. The maximum absolute atomic E-state index is 12.1. The zero-order chi connectivity index (χ0) is 13.7. The van der Waals surface area contributed by atoms with E-state index in [1.54, 1.807) is 18.4 Å². The molecule has 1 aliphatic rings. The Balaban J connectivity index is 1.74. The van der Waals surface area contributed by atoms with Crippen LogP contribution >= 0.6 is 11.3 Å². The first-order chi connectivity index (χ1) is 9.20. The van der Waals surface area contributed by atoms with Crippen molar-refractivity contribution in [1.82, 2.24) is 10.2 Å². The van der Waals surface area contributed by atoms with E-state index in [1.807, 2.05) is 0 Å². The number of amides is 1. The number of carbonyl (C=O) groups is 1. The van der Waals surface area contributed by atoms with Gasteiger partial charge in [0, 0.05) is 25.1 Å². The predicted octanol–water partition coefficient (Wildman–Crippen LogP) is 1.64. The summed E-state index contributed by atoms with van der Waals surface area (Å²) in [5.74, 6) is 0.324. The molecule has 0 saturated carbocycles. The van der Waals surface area contributed by atoms with Crippen molar-refractivity contribution in [2.24, 2.45) is 5.92 Å². The third kappa shape index (κ3) is 4.03. The Hall–Kier alpha value is -0.910. The maximum Gasteiger partial charge on any atom is 0.224 e. The predicted molar refractivity (Wildman–Crippen MR) is 77.3 cm³/mol. The van der Waals surface area contributed by atoms with E-state index in [9.17, 15) is 4.79 Å². The fourth-order valence-electron chi connectivity index (χ4n) is 2.37. The minimum Gasteiger partial charge on any atom is -0.383 e. The molecule has 2 heterocycles. The SMILES string of the molecule is COCCN1CC[C@@H](C(=O)NCc2sccc2C)C1. The van der Waals surface area contributed by atoms with Gasteiger partial charge in [-0.1, -0.05) is 0 Å². The van der Waals surface area contributed by atoms with Crippen LogP contribution in [0, 0.1) is 12.8 Å². The Kier molecular flexibility index (Phi) is 5.36. The number of carbonyl (C=O) groups excluding carboxylic acids is 1. The minimum atomic E-state index is 0.136. The number of ether oxygens (including phenoxy) is 1. The monoisotopic (exact) mass is 282 g/mol. The summed E-state index contributed by atoms with van der Waals surface area (Å²) < 4.78 is 5.07. The van der Waals surface area contributed by atoms with Gasteiger partial charge >= 0.3 is 0 Å². The molecule has 4 nitrogen and oxygen atoms in total. The van der Waals surface area contributed by atoms with Crippen LogP contribution in [0.3, 0.4) is 0 Å². The number of hydrogen-bond donors (Lipinski definition) is 1. The normalized spacial score (nSPS) is 19.8. The van der Waals surface area contributed by atoms with Gasteiger partial charge in [-0.3, -0.25) is 4.79 Å². The van der Waals surface area contributed by atoms with Gasteiger partial charge in [0.15, 0.2) is 0 Å². The molecule has 0 radical (unpaired) electrons. The molecule has 5 heteroatoms. The van der Waals surface area contributed by atoms with Crippen molar-refractivity contribution in [2.45, 2.75) is 19.9 Å². The van der Waals surface area contributed by atoms with Crippen LogP contribution in [0.25, 0.3) is 0 Å². The van der Waals surface area contributed by atoms with Gasteiger partial charge in [-0.05, 0) is 36.9 Å². The average molecular weight is 282 g/mol. The first-order valence-corrected chi connectivity index (χ1v) is 7.60. The van der Waals surface area contributed by atoms with E-state index in [-0.39, 0.29) is 11.8 Å². The Labute approximate surface area is 118 Å². The second-order valence-electron chi connectivity index (χ2n) is 5.02. The molecule has 0 bridgehead atoms. The van der Waals surface area contributed by atoms with Gasteiger partial charge in [0.2, 0.25) is 5.91 Å². The van der Waals surface area contributed by atoms with Crippen LogP contribution in [0.5, 0.6) is 0 Å². The van der Waals surface area contributed by atoms with Crippen molar-refractivity contribution in [1.29, 1.82) is 0 Å². The number of thiophene rings is 1. The zero-order valence-corrected chi connectivity index (χ0v) is 12.5. The second-order valence-corrected chi connectivity index (χ2v) is 6.02. The summed E-state index contributed by atoms with van der Waals surface area (Å²) in [5.41, 5.74) is 1.26. The van der Waals surface area contributed by atoms with Crippen molar-refractivity contribution in [3.05, 3.63) is 21.9 Å². The lowest BCUT2D eigenvalue weighted by molar-refractivity contribution is -0.124. The van der Waals surface area contributed by atoms with Gasteiger partial charge in [0.05, 0.1) is 19.1 Å². The molecule has 1 saturated heterocycles. The largest absolute Gasteiger partial charge is 0.383 e. The zero-order valence-electron chi connectivity index (χ0n) is 11.6. The van der Waals surface area contributed by atoms with Gasteiger partial charge in [-0.2, -0.15) is 0 Å². The molecule has 1 fully saturated rings. The van der Waals surface area contributed by atoms with Crippen molar-refractivity contribution in [2.75, 3.05) is 33.4 Å². The van der Waals surface area contributed by atoms with Gasteiger partial charge < -0.3 is 15.0 Å². The van der Waals surface area contributed by atoms with Gasteiger partial charge in [-0.25, -0.2) is 0 Å². The van der Waals surface area contributed by atoms with Crippen LogP contribution in [-0.4, -0.2) is 44.2 Å². The average Bonchev–Trinajstić information content (AvgIpc) is 3.03. The fraction of sp³-hybridized carbons (Fsp3) is 0.643. The van der Waals surface area contributed by atoms with Gasteiger partial charge in [-0.15, -0.1) is 11.3 Å². The molecule has 0 spiro atoms. The van der Waals surface area contributed by atoms with Crippen LogP contribution < -0.4 is 5.32 Å². The minimum absolute atomic E-state index is 0.136. The molecule has 19 heavy (non-hydrogen) atoms. The van der Waals surface area contributed by atoms with Gasteiger partial charge in [0.25, 0.3) is 0 Å². The summed E-state index contributed by atoms with van der Waals surface area (Å²) >= 11 is 1.70. The van der Waals surface area contributed by atoms with E-state index in [1.165, 1.54) is 10.4 Å². The summed E-state index contributed by atoms with van der Waals surface area (Å²) in [4.78, 5) is 15.7. The van der Waals surface area contributed by atoms with Crippen LogP contribution in [0.4, 0.5) is 0 Å². The third-order valence-corrected chi connectivity index (χ3v) is 4.67. The summed E-state index contributed by atoms with van der Waals surface area (Å²) in [6.45, 7) is 6.27. The van der Waals surface area contributed by atoms with Crippen LogP contribution in [0.2, 0.25) is 0 Å². The van der Waals surface area contributed by atoms with Crippen molar-refractivity contribution in [3.63, 3.8) is 0 Å². The van der Waals surface area contributed by atoms with Crippen LogP contribution in [0.15, 0.2) is 11.4 Å². The summed E-state index contributed by atoms with van der Waals surface area (Å²) in [5, 5.41) is 5.13. The third-order valence-electron chi connectivity index (χ3n) is 3.65. The number of rotatable bonds is 6. The van der Waals surface area contributed by atoms with Crippen LogP contribution in [0.1, 0.15) is 16.9 Å². The molecule has 0 aromatic carbocycles. The number of nitrogens with one attached hydrogen (secondary N) is 1. The molecule has 1 aromatic heterocycles. The molecule has 1 aromatic rings. The second kappa shape index (κ2) is 7.03. The topological polar surface area (TPSA) is 41.6 Å². The highest BCUT2D eigenvalue weighted by Crippen LogP contribution is 2.18. The van der Waals surface area contributed by atoms with Crippen molar-refractivity contribution >= 4 is 17.2 Å². The first kappa shape index (κ1) is 14.5. The van der Waals surface area contributed by atoms with E-state index in [4.69, 9.17) is 4.74 Å². The molecule has 2 rings (SSSR count).